The molecule has 0 amide bonds. The normalized spacial score (nSPS) is 10.9. The second-order valence-electron chi connectivity index (χ2n) is 3.75. The van der Waals surface area contributed by atoms with Gasteiger partial charge in [-0.3, -0.25) is 9.48 Å². The predicted octanol–water partition coefficient (Wildman–Crippen LogP) is 2.24. The van der Waals surface area contributed by atoms with E-state index < -0.39 is 5.97 Å². The topological polar surface area (TPSA) is 68.0 Å². The Morgan fingerprint density at radius 3 is 2.94 bits per heavy atom. The lowest BCUT2D eigenvalue weighted by molar-refractivity contribution is -0.137. The van der Waals surface area contributed by atoms with Crippen molar-refractivity contribution in [2.24, 2.45) is 0 Å². The zero-order valence-corrected chi connectivity index (χ0v) is 10.1. The summed E-state index contributed by atoms with van der Waals surface area (Å²) in [5.74, 6) is -0.908. The number of carboxylic acid groups (broad SMARTS) is 1. The van der Waals surface area contributed by atoms with Crippen molar-refractivity contribution < 1.29 is 9.90 Å². The third-order valence-electron chi connectivity index (χ3n) is 2.58. The summed E-state index contributed by atoms with van der Waals surface area (Å²) in [4.78, 5) is 15.1. The third-order valence-corrected chi connectivity index (χ3v) is 3.36. The zero-order valence-electron chi connectivity index (χ0n) is 9.28. The van der Waals surface area contributed by atoms with Crippen LogP contribution in [0, 0.1) is 0 Å². The van der Waals surface area contributed by atoms with Crippen molar-refractivity contribution in [1.82, 2.24) is 14.8 Å². The van der Waals surface area contributed by atoms with Gasteiger partial charge in [-0.25, -0.2) is 4.98 Å². The van der Waals surface area contributed by atoms with Crippen molar-refractivity contribution in [2.45, 2.75) is 6.54 Å². The van der Waals surface area contributed by atoms with Gasteiger partial charge in [0.15, 0.2) is 0 Å². The molecule has 0 fully saturated rings. The molecule has 0 atom stereocenters. The van der Waals surface area contributed by atoms with E-state index in [4.69, 9.17) is 5.11 Å². The van der Waals surface area contributed by atoms with Crippen molar-refractivity contribution in [3.8, 4) is 10.7 Å². The molecule has 0 spiro atoms. The lowest BCUT2D eigenvalue weighted by atomic mass is 10.2. The molecule has 3 aromatic rings. The zero-order chi connectivity index (χ0) is 12.5. The summed E-state index contributed by atoms with van der Waals surface area (Å²) >= 11 is 1.49. The summed E-state index contributed by atoms with van der Waals surface area (Å²) in [6, 6.07) is 7.57. The highest BCUT2D eigenvalue weighted by Gasteiger charge is 2.14. The third kappa shape index (κ3) is 1.76. The van der Waals surface area contributed by atoms with Gasteiger partial charge >= 0.3 is 5.97 Å². The first-order valence-corrected chi connectivity index (χ1v) is 6.21. The standard InChI is InChI=1S/C12H9N3O2S/c16-10(17)7-15-9-4-2-1-3-8(9)11(14-15)12-13-5-6-18-12/h1-6H,7H2,(H,16,17). The Labute approximate surface area is 106 Å². The molecule has 0 aliphatic carbocycles. The quantitative estimate of drug-likeness (QED) is 0.783. The molecule has 0 aliphatic rings. The molecule has 3 rings (SSSR count). The molecular formula is C12H9N3O2S. The lowest BCUT2D eigenvalue weighted by Crippen LogP contribution is -2.09. The molecule has 0 radical (unpaired) electrons. The Kier molecular flexibility index (Phi) is 2.56. The number of fused-ring (bicyclic) bond motifs is 1. The number of nitrogens with zero attached hydrogens (tertiary/aromatic N) is 3. The van der Waals surface area contributed by atoms with Gasteiger partial charge in [0, 0.05) is 17.0 Å². The van der Waals surface area contributed by atoms with Crippen LogP contribution in [0.1, 0.15) is 0 Å². The van der Waals surface area contributed by atoms with Crippen molar-refractivity contribution in [3.05, 3.63) is 35.8 Å². The van der Waals surface area contributed by atoms with Crippen LogP contribution in [-0.4, -0.2) is 25.8 Å². The molecule has 90 valence electrons. The number of benzene rings is 1. The summed E-state index contributed by atoms with van der Waals surface area (Å²) in [5.41, 5.74) is 1.55. The first-order valence-electron chi connectivity index (χ1n) is 5.33. The van der Waals surface area contributed by atoms with Crippen LogP contribution in [0.5, 0.6) is 0 Å². The number of rotatable bonds is 3. The van der Waals surface area contributed by atoms with Gasteiger partial charge in [0.25, 0.3) is 0 Å². The average Bonchev–Trinajstić information content (AvgIpc) is 2.96. The summed E-state index contributed by atoms with van der Waals surface area (Å²) in [6.07, 6.45) is 1.71. The van der Waals surface area contributed by atoms with E-state index in [1.807, 2.05) is 29.6 Å². The van der Waals surface area contributed by atoms with Gasteiger partial charge in [0.2, 0.25) is 0 Å². The number of aliphatic carboxylic acids is 1. The Hall–Kier alpha value is -2.21. The second kappa shape index (κ2) is 4.23. The Morgan fingerprint density at radius 2 is 2.22 bits per heavy atom. The van der Waals surface area contributed by atoms with E-state index in [-0.39, 0.29) is 6.54 Å². The number of carboxylic acids is 1. The largest absolute Gasteiger partial charge is 0.480 e. The van der Waals surface area contributed by atoms with Crippen molar-refractivity contribution in [3.63, 3.8) is 0 Å². The molecular weight excluding hydrogens is 250 g/mol. The van der Waals surface area contributed by atoms with E-state index >= 15 is 0 Å². The van der Waals surface area contributed by atoms with Crippen molar-refractivity contribution in [2.75, 3.05) is 0 Å². The molecule has 18 heavy (non-hydrogen) atoms. The van der Waals surface area contributed by atoms with E-state index in [0.29, 0.717) is 0 Å². The van der Waals surface area contributed by atoms with Crippen LogP contribution in [0.3, 0.4) is 0 Å². The fraction of sp³-hybridized carbons (Fsp3) is 0.0833. The first kappa shape index (κ1) is 10.9. The van der Waals surface area contributed by atoms with E-state index in [0.717, 1.165) is 21.6 Å². The molecule has 5 nitrogen and oxygen atoms in total. The first-order chi connectivity index (χ1) is 8.75. The fourth-order valence-electron chi connectivity index (χ4n) is 1.87. The molecule has 1 N–H and O–H groups in total. The Balaban J connectivity index is 2.24. The minimum atomic E-state index is -0.908. The maximum Gasteiger partial charge on any atom is 0.325 e. The summed E-state index contributed by atoms with van der Waals surface area (Å²) < 4.78 is 1.49. The minimum absolute atomic E-state index is 0.147. The van der Waals surface area contributed by atoms with Crippen LogP contribution in [0.4, 0.5) is 0 Å². The van der Waals surface area contributed by atoms with Crippen molar-refractivity contribution in [1.29, 1.82) is 0 Å². The molecule has 6 heteroatoms. The van der Waals surface area contributed by atoms with E-state index in [9.17, 15) is 4.79 Å². The molecule has 0 saturated carbocycles. The molecule has 2 aromatic heterocycles. The summed E-state index contributed by atoms with van der Waals surface area (Å²) in [7, 11) is 0. The predicted molar refractivity (Wildman–Crippen MR) is 68.5 cm³/mol. The average molecular weight is 259 g/mol. The summed E-state index contributed by atoms with van der Waals surface area (Å²) in [5, 5.41) is 16.8. The highest BCUT2D eigenvalue weighted by atomic mass is 32.1. The molecule has 0 unspecified atom stereocenters. The van der Waals surface area contributed by atoms with Crippen LogP contribution in [0.15, 0.2) is 35.8 Å². The number of para-hydroxylation sites is 1. The van der Waals surface area contributed by atoms with Gasteiger partial charge in [0.05, 0.1) is 5.52 Å². The van der Waals surface area contributed by atoms with Gasteiger partial charge < -0.3 is 5.11 Å². The van der Waals surface area contributed by atoms with Crippen LogP contribution in [0.2, 0.25) is 0 Å². The number of hydrogen-bond acceptors (Lipinski definition) is 4. The fourth-order valence-corrected chi connectivity index (χ4v) is 2.51. The van der Waals surface area contributed by atoms with Crippen LogP contribution in [0.25, 0.3) is 21.6 Å². The minimum Gasteiger partial charge on any atom is -0.480 e. The van der Waals surface area contributed by atoms with E-state index in [1.54, 1.807) is 6.20 Å². The van der Waals surface area contributed by atoms with Gasteiger partial charge in [-0.2, -0.15) is 5.10 Å². The SMILES string of the molecule is O=C(O)Cn1nc(-c2nccs2)c2ccccc21. The van der Waals surface area contributed by atoms with Gasteiger partial charge in [0.1, 0.15) is 17.2 Å². The highest BCUT2D eigenvalue weighted by Crippen LogP contribution is 2.28. The molecule has 1 aromatic carbocycles. The second-order valence-corrected chi connectivity index (χ2v) is 4.65. The smallest absolute Gasteiger partial charge is 0.325 e. The number of carbonyl (C=O) groups is 1. The van der Waals surface area contributed by atoms with Crippen LogP contribution >= 0.6 is 11.3 Å². The molecule has 0 bridgehead atoms. The number of aromatic nitrogens is 3. The van der Waals surface area contributed by atoms with Gasteiger partial charge in [-0.1, -0.05) is 18.2 Å². The molecule has 0 saturated heterocycles. The maximum atomic E-state index is 10.8. The maximum absolute atomic E-state index is 10.8. The van der Waals surface area contributed by atoms with E-state index in [2.05, 4.69) is 10.1 Å². The molecule has 2 heterocycles. The Bertz CT molecular complexity index is 703. The number of hydrogen-bond donors (Lipinski definition) is 1. The Morgan fingerprint density at radius 1 is 1.39 bits per heavy atom. The highest BCUT2D eigenvalue weighted by molar-refractivity contribution is 7.13. The lowest BCUT2D eigenvalue weighted by Gasteiger charge is -1.97. The van der Waals surface area contributed by atoms with E-state index in [1.165, 1.54) is 16.0 Å². The number of thiazole rings is 1. The summed E-state index contributed by atoms with van der Waals surface area (Å²) in [6.45, 7) is -0.147. The van der Waals surface area contributed by atoms with Crippen LogP contribution in [-0.2, 0) is 11.3 Å². The van der Waals surface area contributed by atoms with Crippen molar-refractivity contribution >= 4 is 28.2 Å². The van der Waals surface area contributed by atoms with Gasteiger partial charge in [-0.05, 0) is 6.07 Å². The molecule has 0 aliphatic heterocycles. The monoisotopic (exact) mass is 259 g/mol. The van der Waals surface area contributed by atoms with Crippen LogP contribution < -0.4 is 0 Å². The van der Waals surface area contributed by atoms with Gasteiger partial charge in [-0.15, -0.1) is 11.3 Å².